The van der Waals surface area contributed by atoms with E-state index in [9.17, 15) is 4.79 Å². The summed E-state index contributed by atoms with van der Waals surface area (Å²) in [4.78, 5) is 20.4. The van der Waals surface area contributed by atoms with Gasteiger partial charge in [0.2, 0.25) is 0 Å². The predicted octanol–water partition coefficient (Wildman–Crippen LogP) is 2.59. The van der Waals surface area contributed by atoms with Crippen LogP contribution in [0.5, 0.6) is 0 Å². The number of nitrogens with zero attached hydrogens (tertiary/aromatic N) is 4. The highest BCUT2D eigenvalue weighted by Crippen LogP contribution is 2.15. The van der Waals surface area contributed by atoms with Crippen LogP contribution in [0.2, 0.25) is 0 Å². The van der Waals surface area contributed by atoms with Gasteiger partial charge in [-0.05, 0) is 31.5 Å². The smallest absolute Gasteiger partial charge is 0.315 e. The number of aryl methyl sites for hydroxylation is 1. The Kier molecular flexibility index (Phi) is 4.85. The first kappa shape index (κ1) is 16.1. The van der Waals surface area contributed by atoms with Crippen LogP contribution in [-0.4, -0.2) is 25.8 Å². The normalized spacial score (nSPS) is 11.9. The fourth-order valence-electron chi connectivity index (χ4n) is 2.23. The van der Waals surface area contributed by atoms with Crippen LogP contribution < -0.4 is 10.6 Å². The third kappa shape index (κ3) is 3.96. The number of benzene rings is 1. The van der Waals surface area contributed by atoms with Crippen molar-refractivity contribution in [3.8, 4) is 5.69 Å². The third-order valence-corrected chi connectivity index (χ3v) is 4.27. The molecule has 24 heavy (non-hydrogen) atoms. The highest BCUT2D eigenvalue weighted by atomic mass is 32.1. The van der Waals surface area contributed by atoms with E-state index in [1.165, 1.54) is 6.33 Å². The number of carbonyl (C=O) groups excluding carboxylic acids is 1. The monoisotopic (exact) mass is 342 g/mol. The van der Waals surface area contributed by atoms with Crippen LogP contribution in [-0.2, 0) is 6.54 Å². The van der Waals surface area contributed by atoms with Crippen molar-refractivity contribution in [1.29, 1.82) is 0 Å². The van der Waals surface area contributed by atoms with Crippen molar-refractivity contribution in [2.75, 3.05) is 0 Å². The highest BCUT2D eigenvalue weighted by molar-refractivity contribution is 7.09. The number of hydrogen-bond acceptors (Lipinski definition) is 5. The first-order valence-corrected chi connectivity index (χ1v) is 8.40. The zero-order valence-electron chi connectivity index (χ0n) is 13.4. The van der Waals surface area contributed by atoms with Crippen LogP contribution in [0.3, 0.4) is 0 Å². The molecule has 3 aromatic rings. The number of carbonyl (C=O) groups is 1. The predicted molar refractivity (Wildman–Crippen MR) is 92.0 cm³/mol. The molecular weight excluding hydrogens is 324 g/mol. The van der Waals surface area contributed by atoms with Crippen molar-refractivity contribution in [3.05, 3.63) is 58.6 Å². The van der Waals surface area contributed by atoms with E-state index < -0.39 is 0 Å². The summed E-state index contributed by atoms with van der Waals surface area (Å²) in [6.07, 6.45) is 3.12. The fourth-order valence-corrected chi connectivity index (χ4v) is 2.94. The van der Waals surface area contributed by atoms with Gasteiger partial charge in [-0.2, -0.15) is 5.10 Å². The maximum absolute atomic E-state index is 12.0. The van der Waals surface area contributed by atoms with Gasteiger partial charge in [-0.15, -0.1) is 11.3 Å². The molecule has 0 saturated carbocycles. The zero-order valence-corrected chi connectivity index (χ0v) is 14.2. The molecule has 7 nitrogen and oxygen atoms in total. The molecule has 2 amide bonds. The maximum Gasteiger partial charge on any atom is 0.315 e. The lowest BCUT2D eigenvalue weighted by molar-refractivity contribution is 0.237. The Morgan fingerprint density at radius 2 is 2.29 bits per heavy atom. The minimum atomic E-state index is -0.223. The summed E-state index contributed by atoms with van der Waals surface area (Å²) >= 11 is 1.57. The first-order chi connectivity index (χ1) is 11.6. The maximum atomic E-state index is 12.0. The Hall–Kier alpha value is -2.74. The summed E-state index contributed by atoms with van der Waals surface area (Å²) in [6.45, 7) is 4.29. The Morgan fingerprint density at radius 3 is 3.00 bits per heavy atom. The second-order valence-corrected chi connectivity index (χ2v) is 6.41. The van der Waals surface area contributed by atoms with Crippen molar-refractivity contribution in [1.82, 2.24) is 30.4 Å². The van der Waals surface area contributed by atoms with Crippen LogP contribution in [0.15, 0.2) is 42.3 Å². The molecule has 2 N–H and O–H groups in total. The lowest BCUT2D eigenvalue weighted by Crippen LogP contribution is -2.36. The van der Waals surface area contributed by atoms with Gasteiger partial charge in [0.25, 0.3) is 0 Å². The van der Waals surface area contributed by atoms with Gasteiger partial charge in [-0.25, -0.2) is 19.4 Å². The number of rotatable bonds is 5. The molecule has 0 aliphatic heterocycles. The van der Waals surface area contributed by atoms with Gasteiger partial charge in [0, 0.05) is 11.9 Å². The summed E-state index contributed by atoms with van der Waals surface area (Å²) in [7, 11) is 0. The van der Waals surface area contributed by atoms with E-state index in [0.717, 1.165) is 22.0 Å². The molecule has 0 fully saturated rings. The minimum absolute atomic E-state index is 0.128. The Balaban J connectivity index is 1.55. The molecule has 0 radical (unpaired) electrons. The zero-order chi connectivity index (χ0) is 16.9. The van der Waals surface area contributed by atoms with Gasteiger partial charge in [0.05, 0.1) is 22.4 Å². The number of urea groups is 1. The molecule has 0 aliphatic carbocycles. The van der Waals surface area contributed by atoms with E-state index in [1.807, 2.05) is 43.5 Å². The van der Waals surface area contributed by atoms with E-state index >= 15 is 0 Å². The molecule has 1 atom stereocenters. The minimum Gasteiger partial charge on any atom is -0.334 e. The molecule has 0 spiro atoms. The van der Waals surface area contributed by atoms with Crippen LogP contribution in [0.4, 0.5) is 4.79 Å². The van der Waals surface area contributed by atoms with E-state index in [2.05, 4.69) is 25.7 Å². The van der Waals surface area contributed by atoms with Crippen molar-refractivity contribution in [2.45, 2.75) is 26.4 Å². The SMILES string of the molecule is Cc1nc(C(C)NC(=O)NCc2cccc(-n3cncn3)c2)cs1. The summed E-state index contributed by atoms with van der Waals surface area (Å²) in [5.41, 5.74) is 2.76. The third-order valence-electron chi connectivity index (χ3n) is 3.47. The standard InChI is InChI=1S/C16H18N6OS/c1-11(15-8-24-12(2)21-15)20-16(23)18-7-13-4-3-5-14(6-13)22-10-17-9-19-22/h3-6,8-11H,7H2,1-2H3,(H2,18,20,23). The molecule has 2 heterocycles. The second-order valence-electron chi connectivity index (χ2n) is 5.35. The highest BCUT2D eigenvalue weighted by Gasteiger charge is 2.11. The van der Waals surface area contributed by atoms with Gasteiger partial charge < -0.3 is 10.6 Å². The number of nitrogens with one attached hydrogen (secondary N) is 2. The Bertz CT molecular complexity index is 814. The van der Waals surface area contributed by atoms with E-state index in [1.54, 1.807) is 22.3 Å². The molecule has 1 aromatic carbocycles. The van der Waals surface area contributed by atoms with E-state index in [4.69, 9.17) is 0 Å². The lowest BCUT2D eigenvalue weighted by Gasteiger charge is -2.13. The van der Waals surface area contributed by atoms with E-state index in [0.29, 0.717) is 6.54 Å². The molecule has 8 heteroatoms. The van der Waals surface area contributed by atoms with Gasteiger partial charge in [-0.1, -0.05) is 12.1 Å². The van der Waals surface area contributed by atoms with Crippen LogP contribution in [0.25, 0.3) is 5.69 Å². The number of aromatic nitrogens is 4. The van der Waals surface area contributed by atoms with Crippen LogP contribution in [0, 0.1) is 6.92 Å². The number of thiazole rings is 1. The summed E-state index contributed by atoms with van der Waals surface area (Å²) in [5.74, 6) is 0. The lowest BCUT2D eigenvalue weighted by atomic mass is 10.2. The summed E-state index contributed by atoms with van der Waals surface area (Å²) in [6, 6.07) is 7.42. The molecule has 0 bridgehead atoms. The largest absolute Gasteiger partial charge is 0.334 e. The molecule has 124 valence electrons. The van der Waals surface area contributed by atoms with Crippen molar-refractivity contribution in [3.63, 3.8) is 0 Å². The summed E-state index contributed by atoms with van der Waals surface area (Å²) in [5, 5.41) is 12.8. The van der Waals surface area contributed by atoms with Gasteiger partial charge >= 0.3 is 6.03 Å². The average Bonchev–Trinajstić information content (AvgIpc) is 3.25. The topological polar surface area (TPSA) is 84.7 Å². The van der Waals surface area contributed by atoms with Gasteiger partial charge in [0.1, 0.15) is 12.7 Å². The molecule has 0 aliphatic rings. The van der Waals surface area contributed by atoms with Crippen LogP contribution in [0.1, 0.15) is 29.2 Å². The second kappa shape index (κ2) is 7.22. The molecule has 1 unspecified atom stereocenters. The Morgan fingerprint density at radius 1 is 1.42 bits per heavy atom. The summed E-state index contributed by atoms with van der Waals surface area (Å²) < 4.78 is 1.68. The number of hydrogen-bond donors (Lipinski definition) is 2. The molecule has 3 rings (SSSR count). The fraction of sp³-hybridized carbons (Fsp3) is 0.250. The van der Waals surface area contributed by atoms with E-state index in [-0.39, 0.29) is 12.1 Å². The average molecular weight is 342 g/mol. The molecule has 0 saturated heterocycles. The molecular formula is C16H18N6OS. The first-order valence-electron chi connectivity index (χ1n) is 7.52. The van der Waals surface area contributed by atoms with Crippen molar-refractivity contribution in [2.24, 2.45) is 0 Å². The van der Waals surface area contributed by atoms with Gasteiger partial charge in [-0.3, -0.25) is 0 Å². The van der Waals surface area contributed by atoms with Crippen LogP contribution >= 0.6 is 11.3 Å². The quantitative estimate of drug-likeness (QED) is 0.746. The van der Waals surface area contributed by atoms with Crippen molar-refractivity contribution >= 4 is 17.4 Å². The number of amides is 2. The van der Waals surface area contributed by atoms with Gasteiger partial charge in [0.15, 0.2) is 0 Å². The van der Waals surface area contributed by atoms with Crippen molar-refractivity contribution < 1.29 is 4.79 Å². The molecule has 2 aromatic heterocycles. The Labute approximate surface area is 143 Å².